The van der Waals surface area contributed by atoms with Gasteiger partial charge in [0.25, 0.3) is 0 Å². The van der Waals surface area contributed by atoms with Gasteiger partial charge in [-0.1, -0.05) is 30.3 Å². The summed E-state index contributed by atoms with van der Waals surface area (Å²) in [4.78, 5) is 10.7. The molecule has 0 aliphatic heterocycles. The maximum atomic E-state index is 14.0. The molecule has 0 fully saturated rings. The molecule has 0 aromatic heterocycles. The summed E-state index contributed by atoms with van der Waals surface area (Å²) in [6.07, 6.45) is -1.01. The van der Waals surface area contributed by atoms with Crippen molar-refractivity contribution in [2.75, 3.05) is 0 Å². The van der Waals surface area contributed by atoms with Crippen molar-refractivity contribution in [3.8, 4) is 16.9 Å². The topological polar surface area (TPSA) is 46.5 Å². The van der Waals surface area contributed by atoms with Crippen LogP contribution in [0.4, 0.5) is 4.39 Å². The fraction of sp³-hybridized carbons (Fsp3) is 0.133. The molecule has 2 aromatic rings. The number of hydrogen-bond acceptors (Lipinski definition) is 2. The van der Waals surface area contributed by atoms with E-state index in [1.165, 1.54) is 13.0 Å². The SMILES string of the molecule is CC(Oc1ccc(-c2ccccc2)c(F)c1)C(=O)O. The number of carboxylic acid groups (broad SMARTS) is 1. The third-order valence-corrected chi connectivity index (χ3v) is 2.69. The third-order valence-electron chi connectivity index (χ3n) is 2.69. The van der Waals surface area contributed by atoms with Crippen LogP contribution in [0, 0.1) is 5.82 Å². The molecule has 0 aliphatic rings. The van der Waals surface area contributed by atoms with Crippen molar-refractivity contribution >= 4 is 5.97 Å². The van der Waals surface area contributed by atoms with Gasteiger partial charge in [0, 0.05) is 11.6 Å². The van der Waals surface area contributed by atoms with E-state index in [1.54, 1.807) is 24.3 Å². The summed E-state index contributed by atoms with van der Waals surface area (Å²) >= 11 is 0. The van der Waals surface area contributed by atoms with Crippen molar-refractivity contribution in [2.45, 2.75) is 13.0 Å². The van der Waals surface area contributed by atoms with E-state index < -0.39 is 17.9 Å². The number of ether oxygens (including phenoxy) is 1. The maximum absolute atomic E-state index is 14.0. The standard InChI is InChI=1S/C15H13FO3/c1-10(15(17)18)19-12-7-8-13(14(16)9-12)11-5-3-2-4-6-11/h2-10H,1H3,(H,17,18). The van der Waals surface area contributed by atoms with Crippen molar-refractivity contribution < 1.29 is 19.0 Å². The molecule has 19 heavy (non-hydrogen) atoms. The second-order valence-electron chi connectivity index (χ2n) is 4.11. The highest BCUT2D eigenvalue weighted by atomic mass is 19.1. The average molecular weight is 260 g/mol. The number of benzene rings is 2. The first kappa shape index (κ1) is 13.1. The second kappa shape index (κ2) is 5.52. The van der Waals surface area contributed by atoms with Crippen LogP contribution in [0.2, 0.25) is 0 Å². The molecule has 98 valence electrons. The lowest BCUT2D eigenvalue weighted by atomic mass is 10.1. The molecule has 4 heteroatoms. The minimum Gasteiger partial charge on any atom is -0.479 e. The van der Waals surface area contributed by atoms with Gasteiger partial charge in [-0.3, -0.25) is 0 Å². The molecule has 0 saturated carbocycles. The molecule has 2 aromatic carbocycles. The Bertz CT molecular complexity index is 581. The summed E-state index contributed by atoms with van der Waals surface area (Å²) in [7, 11) is 0. The molecule has 0 saturated heterocycles. The number of carboxylic acids is 1. The Balaban J connectivity index is 2.25. The van der Waals surface area contributed by atoms with Gasteiger partial charge < -0.3 is 9.84 Å². The largest absolute Gasteiger partial charge is 0.479 e. The Morgan fingerprint density at radius 3 is 2.47 bits per heavy atom. The first-order valence-corrected chi connectivity index (χ1v) is 5.82. The summed E-state index contributed by atoms with van der Waals surface area (Å²) in [6, 6.07) is 13.4. The van der Waals surface area contributed by atoms with Crippen LogP contribution in [0.3, 0.4) is 0 Å². The van der Waals surface area contributed by atoms with Crippen LogP contribution in [-0.2, 0) is 4.79 Å². The fourth-order valence-electron chi connectivity index (χ4n) is 1.68. The number of rotatable bonds is 4. The lowest BCUT2D eigenvalue weighted by Crippen LogP contribution is -2.22. The normalized spacial score (nSPS) is 11.9. The van der Waals surface area contributed by atoms with E-state index in [2.05, 4.69) is 0 Å². The molecule has 0 aliphatic carbocycles. The van der Waals surface area contributed by atoms with Crippen molar-refractivity contribution in [1.82, 2.24) is 0 Å². The van der Waals surface area contributed by atoms with Crippen LogP contribution in [-0.4, -0.2) is 17.2 Å². The van der Waals surface area contributed by atoms with E-state index in [1.807, 2.05) is 18.2 Å². The van der Waals surface area contributed by atoms with Crippen LogP contribution in [0.5, 0.6) is 5.75 Å². The molecular formula is C15H13FO3. The third kappa shape index (κ3) is 3.10. The predicted molar refractivity (Wildman–Crippen MR) is 69.6 cm³/mol. The molecule has 0 amide bonds. The van der Waals surface area contributed by atoms with E-state index in [0.717, 1.165) is 5.56 Å². The quantitative estimate of drug-likeness (QED) is 0.917. The maximum Gasteiger partial charge on any atom is 0.344 e. The van der Waals surface area contributed by atoms with Crippen molar-refractivity contribution in [3.63, 3.8) is 0 Å². The number of hydrogen-bond donors (Lipinski definition) is 1. The van der Waals surface area contributed by atoms with Gasteiger partial charge in [0.15, 0.2) is 6.10 Å². The van der Waals surface area contributed by atoms with Crippen LogP contribution >= 0.6 is 0 Å². The van der Waals surface area contributed by atoms with E-state index >= 15 is 0 Å². The molecule has 0 bridgehead atoms. The Kier molecular flexibility index (Phi) is 3.80. The van der Waals surface area contributed by atoms with Crippen molar-refractivity contribution in [2.24, 2.45) is 0 Å². The Morgan fingerprint density at radius 2 is 1.89 bits per heavy atom. The molecule has 1 N–H and O–H groups in total. The van der Waals surface area contributed by atoms with Crippen LogP contribution in [0.1, 0.15) is 6.92 Å². The summed E-state index contributed by atoms with van der Waals surface area (Å²) in [5, 5.41) is 8.73. The molecule has 1 atom stereocenters. The average Bonchev–Trinajstić information content (AvgIpc) is 2.39. The number of carbonyl (C=O) groups is 1. The van der Waals surface area contributed by atoms with Crippen molar-refractivity contribution in [3.05, 3.63) is 54.3 Å². The summed E-state index contributed by atoms with van der Waals surface area (Å²) in [6.45, 7) is 1.39. The van der Waals surface area contributed by atoms with Crippen LogP contribution < -0.4 is 4.74 Å². The van der Waals surface area contributed by atoms with Crippen molar-refractivity contribution in [1.29, 1.82) is 0 Å². The Hall–Kier alpha value is -2.36. The first-order chi connectivity index (χ1) is 9.08. The van der Waals surface area contributed by atoms with Gasteiger partial charge in [-0.2, -0.15) is 0 Å². The van der Waals surface area contributed by atoms with Crippen LogP contribution in [0.15, 0.2) is 48.5 Å². The lowest BCUT2D eigenvalue weighted by molar-refractivity contribution is -0.144. The molecule has 0 radical (unpaired) electrons. The molecule has 1 unspecified atom stereocenters. The van der Waals surface area contributed by atoms with Crippen LogP contribution in [0.25, 0.3) is 11.1 Å². The van der Waals surface area contributed by atoms with Gasteiger partial charge in [0.1, 0.15) is 11.6 Å². The van der Waals surface area contributed by atoms with Gasteiger partial charge >= 0.3 is 5.97 Å². The molecule has 0 heterocycles. The van der Waals surface area contributed by atoms with Gasteiger partial charge in [0.05, 0.1) is 0 Å². The molecule has 3 nitrogen and oxygen atoms in total. The smallest absolute Gasteiger partial charge is 0.344 e. The summed E-state index contributed by atoms with van der Waals surface area (Å²) in [5.74, 6) is -1.33. The summed E-state index contributed by atoms with van der Waals surface area (Å²) < 4.78 is 19.1. The first-order valence-electron chi connectivity index (χ1n) is 5.82. The predicted octanol–water partition coefficient (Wildman–Crippen LogP) is 3.34. The number of aliphatic carboxylic acids is 1. The van der Waals surface area contributed by atoms with E-state index in [0.29, 0.717) is 5.56 Å². The molecule has 0 spiro atoms. The molecular weight excluding hydrogens is 247 g/mol. The van der Waals surface area contributed by atoms with Gasteiger partial charge in [-0.15, -0.1) is 0 Å². The van der Waals surface area contributed by atoms with E-state index in [-0.39, 0.29) is 5.75 Å². The minimum absolute atomic E-state index is 0.201. The Labute approximate surface area is 110 Å². The highest BCUT2D eigenvalue weighted by Gasteiger charge is 2.14. The zero-order valence-electron chi connectivity index (χ0n) is 10.3. The monoisotopic (exact) mass is 260 g/mol. The highest BCUT2D eigenvalue weighted by Crippen LogP contribution is 2.26. The molecule has 2 rings (SSSR count). The fourth-order valence-corrected chi connectivity index (χ4v) is 1.68. The van der Waals surface area contributed by atoms with Gasteiger partial charge in [-0.25, -0.2) is 9.18 Å². The minimum atomic E-state index is -1.09. The summed E-state index contributed by atoms with van der Waals surface area (Å²) in [5.41, 5.74) is 1.22. The zero-order chi connectivity index (χ0) is 13.8. The van der Waals surface area contributed by atoms with Gasteiger partial charge in [-0.05, 0) is 24.6 Å². The van der Waals surface area contributed by atoms with E-state index in [4.69, 9.17) is 9.84 Å². The Morgan fingerprint density at radius 1 is 1.21 bits per heavy atom. The number of halogens is 1. The lowest BCUT2D eigenvalue weighted by Gasteiger charge is -2.11. The van der Waals surface area contributed by atoms with Gasteiger partial charge in [0.2, 0.25) is 0 Å². The highest BCUT2D eigenvalue weighted by molar-refractivity contribution is 5.72. The second-order valence-corrected chi connectivity index (χ2v) is 4.11. The van der Waals surface area contributed by atoms with E-state index in [9.17, 15) is 9.18 Å². The zero-order valence-corrected chi connectivity index (χ0v) is 10.3.